The molecule has 7 nitrogen and oxygen atoms in total. The van der Waals surface area contributed by atoms with Crippen LogP contribution in [0, 0.1) is 0 Å². The number of esters is 1. The molecule has 10 heteroatoms. The van der Waals surface area contributed by atoms with E-state index in [1.165, 1.54) is 35.6 Å². The first-order valence-electron chi connectivity index (χ1n) is 8.31. The summed E-state index contributed by atoms with van der Waals surface area (Å²) in [5.74, 6) is -2.14. The molecule has 148 valence electrons. The summed E-state index contributed by atoms with van der Waals surface area (Å²) in [5, 5.41) is 2.91. The Balaban J connectivity index is 1.57. The first kappa shape index (κ1) is 19.7. The summed E-state index contributed by atoms with van der Waals surface area (Å²) in [4.78, 5) is 36.8. The topological polar surface area (TPSA) is 108 Å². The van der Waals surface area contributed by atoms with Gasteiger partial charge in [0.15, 0.2) is 6.61 Å². The SMILES string of the molecule is NC(=O)c1c(NC(=O)COC(=O)c2ccc(OC(F)F)cc2)sc2c1CCC2. The molecule has 1 heterocycles. The monoisotopic (exact) mass is 410 g/mol. The first-order chi connectivity index (χ1) is 13.3. The molecule has 0 saturated carbocycles. The molecule has 0 bridgehead atoms. The Kier molecular flexibility index (Phi) is 5.88. The van der Waals surface area contributed by atoms with E-state index in [-0.39, 0.29) is 11.3 Å². The van der Waals surface area contributed by atoms with Gasteiger partial charge in [0, 0.05) is 4.88 Å². The van der Waals surface area contributed by atoms with Crippen LogP contribution in [0.1, 0.15) is 37.6 Å². The molecule has 1 aromatic carbocycles. The standard InChI is InChI=1S/C18H16F2N2O5S/c19-18(20)27-10-6-4-9(5-7-10)17(25)26-8-13(23)22-16-14(15(21)24)11-2-1-3-12(11)28-16/h4-7,18H,1-3,8H2,(H2,21,24)(H,22,23). The number of halogens is 2. The molecule has 1 aromatic heterocycles. The molecule has 0 radical (unpaired) electrons. The lowest BCUT2D eigenvalue weighted by molar-refractivity contribution is -0.119. The number of hydrogen-bond donors (Lipinski definition) is 2. The van der Waals surface area contributed by atoms with Crippen LogP contribution in [-0.4, -0.2) is 31.0 Å². The smallest absolute Gasteiger partial charge is 0.387 e. The van der Waals surface area contributed by atoms with Crippen LogP contribution in [0.15, 0.2) is 24.3 Å². The lowest BCUT2D eigenvalue weighted by atomic mass is 10.1. The summed E-state index contributed by atoms with van der Waals surface area (Å²) < 4.78 is 33.3. The van der Waals surface area contributed by atoms with Crippen molar-refractivity contribution in [2.75, 3.05) is 11.9 Å². The Morgan fingerprint density at radius 3 is 2.54 bits per heavy atom. The highest BCUT2D eigenvalue weighted by atomic mass is 32.1. The number of hydrogen-bond acceptors (Lipinski definition) is 6. The number of amides is 2. The lowest BCUT2D eigenvalue weighted by Crippen LogP contribution is -2.22. The van der Waals surface area contributed by atoms with Gasteiger partial charge in [0.2, 0.25) is 0 Å². The molecule has 1 aliphatic carbocycles. The van der Waals surface area contributed by atoms with Gasteiger partial charge in [-0.25, -0.2) is 4.79 Å². The number of anilines is 1. The third-order valence-corrected chi connectivity index (χ3v) is 5.28. The van der Waals surface area contributed by atoms with Crippen molar-refractivity contribution in [1.29, 1.82) is 0 Å². The molecule has 3 rings (SSSR count). The fourth-order valence-corrected chi connectivity index (χ4v) is 4.21. The Labute approximate surface area is 162 Å². The molecule has 0 unspecified atom stereocenters. The number of primary amides is 1. The Hall–Kier alpha value is -3.01. The maximum absolute atomic E-state index is 12.1. The fourth-order valence-electron chi connectivity index (χ4n) is 2.90. The average molecular weight is 410 g/mol. The van der Waals surface area contributed by atoms with E-state index in [4.69, 9.17) is 10.5 Å². The van der Waals surface area contributed by atoms with Crippen molar-refractivity contribution in [3.8, 4) is 5.75 Å². The number of alkyl halides is 2. The van der Waals surface area contributed by atoms with Crippen LogP contribution in [0.4, 0.5) is 13.8 Å². The van der Waals surface area contributed by atoms with E-state index >= 15 is 0 Å². The van der Waals surface area contributed by atoms with Crippen molar-refractivity contribution in [3.05, 3.63) is 45.8 Å². The maximum Gasteiger partial charge on any atom is 0.387 e. The van der Waals surface area contributed by atoms with Crippen LogP contribution in [-0.2, 0) is 22.4 Å². The zero-order chi connectivity index (χ0) is 20.3. The van der Waals surface area contributed by atoms with E-state index in [1.54, 1.807) is 0 Å². The van der Waals surface area contributed by atoms with Crippen LogP contribution in [0.5, 0.6) is 5.75 Å². The number of nitrogens with two attached hydrogens (primary N) is 1. The van der Waals surface area contributed by atoms with E-state index < -0.39 is 31.0 Å². The van der Waals surface area contributed by atoms with Crippen LogP contribution in [0.2, 0.25) is 0 Å². The van der Waals surface area contributed by atoms with Gasteiger partial charge in [-0.05, 0) is 49.1 Å². The molecule has 2 aromatic rings. The molecule has 0 atom stereocenters. The van der Waals surface area contributed by atoms with Crippen LogP contribution < -0.4 is 15.8 Å². The number of fused-ring (bicyclic) bond motifs is 1. The highest BCUT2D eigenvalue weighted by molar-refractivity contribution is 7.17. The average Bonchev–Trinajstić information content (AvgIpc) is 3.20. The number of aryl methyl sites for hydroxylation is 1. The van der Waals surface area contributed by atoms with Gasteiger partial charge in [-0.2, -0.15) is 8.78 Å². The Morgan fingerprint density at radius 1 is 1.18 bits per heavy atom. The second-order valence-electron chi connectivity index (χ2n) is 5.95. The van der Waals surface area contributed by atoms with Gasteiger partial charge >= 0.3 is 12.6 Å². The summed E-state index contributed by atoms with van der Waals surface area (Å²) in [6, 6.07) is 4.87. The highest BCUT2D eigenvalue weighted by Gasteiger charge is 2.26. The molecule has 0 spiro atoms. The number of nitrogens with one attached hydrogen (secondary N) is 1. The molecule has 2 amide bonds. The van der Waals surface area contributed by atoms with Crippen LogP contribution in [0.25, 0.3) is 0 Å². The predicted octanol–water partition coefficient (Wildman–Crippen LogP) is 2.73. The second kappa shape index (κ2) is 8.34. The van der Waals surface area contributed by atoms with Gasteiger partial charge in [-0.3, -0.25) is 9.59 Å². The number of rotatable bonds is 7. The third-order valence-electron chi connectivity index (χ3n) is 4.07. The predicted molar refractivity (Wildman–Crippen MR) is 96.8 cm³/mol. The molecular weight excluding hydrogens is 394 g/mol. The largest absolute Gasteiger partial charge is 0.452 e. The van der Waals surface area contributed by atoms with Crippen LogP contribution >= 0.6 is 11.3 Å². The summed E-state index contributed by atoms with van der Waals surface area (Å²) >= 11 is 1.29. The van der Waals surface area contributed by atoms with Gasteiger partial charge in [-0.15, -0.1) is 11.3 Å². The minimum absolute atomic E-state index is 0.0716. The lowest BCUT2D eigenvalue weighted by Gasteiger charge is -2.08. The zero-order valence-corrected chi connectivity index (χ0v) is 15.3. The number of thiophene rings is 1. The summed E-state index contributed by atoms with van der Waals surface area (Å²) in [6.07, 6.45) is 2.51. The van der Waals surface area contributed by atoms with Gasteiger partial charge < -0.3 is 20.5 Å². The quantitative estimate of drug-likeness (QED) is 0.683. The molecule has 28 heavy (non-hydrogen) atoms. The minimum Gasteiger partial charge on any atom is -0.452 e. The van der Waals surface area contributed by atoms with E-state index in [2.05, 4.69) is 10.1 Å². The van der Waals surface area contributed by atoms with E-state index in [1.807, 2.05) is 0 Å². The highest BCUT2D eigenvalue weighted by Crippen LogP contribution is 2.38. The summed E-state index contributed by atoms with van der Waals surface area (Å²) in [6.45, 7) is -3.54. The molecule has 0 fully saturated rings. The zero-order valence-electron chi connectivity index (χ0n) is 14.5. The maximum atomic E-state index is 12.1. The molecular formula is C18H16F2N2O5S. The summed E-state index contributed by atoms with van der Waals surface area (Å²) in [7, 11) is 0. The van der Waals surface area contributed by atoms with E-state index in [0.29, 0.717) is 10.6 Å². The fraction of sp³-hybridized carbons (Fsp3) is 0.278. The second-order valence-corrected chi connectivity index (χ2v) is 7.06. The molecule has 0 aliphatic heterocycles. The normalized spacial score (nSPS) is 12.5. The summed E-state index contributed by atoms with van der Waals surface area (Å²) in [5.41, 5.74) is 6.68. The van der Waals surface area contributed by atoms with Crippen molar-refractivity contribution >= 4 is 34.1 Å². The molecule has 1 aliphatic rings. The van der Waals surface area contributed by atoms with Gasteiger partial charge in [-0.1, -0.05) is 0 Å². The minimum atomic E-state index is -2.97. The van der Waals surface area contributed by atoms with Crippen molar-refractivity contribution in [3.63, 3.8) is 0 Å². The number of ether oxygens (including phenoxy) is 2. The molecule has 3 N–H and O–H groups in total. The van der Waals surface area contributed by atoms with Crippen LogP contribution in [0.3, 0.4) is 0 Å². The van der Waals surface area contributed by atoms with E-state index in [0.717, 1.165) is 29.7 Å². The van der Waals surface area contributed by atoms with Crippen molar-refractivity contribution < 1.29 is 32.6 Å². The van der Waals surface area contributed by atoms with Gasteiger partial charge in [0.05, 0.1) is 11.1 Å². The first-order valence-corrected chi connectivity index (χ1v) is 9.13. The molecule has 0 saturated heterocycles. The number of carbonyl (C=O) groups is 3. The van der Waals surface area contributed by atoms with Gasteiger partial charge in [0.1, 0.15) is 10.8 Å². The van der Waals surface area contributed by atoms with Crippen molar-refractivity contribution in [2.45, 2.75) is 25.9 Å². The van der Waals surface area contributed by atoms with E-state index in [9.17, 15) is 23.2 Å². The van der Waals surface area contributed by atoms with Gasteiger partial charge in [0.25, 0.3) is 11.8 Å². The van der Waals surface area contributed by atoms with Crippen molar-refractivity contribution in [1.82, 2.24) is 0 Å². The third kappa shape index (κ3) is 4.45. The van der Waals surface area contributed by atoms with Crippen molar-refractivity contribution in [2.24, 2.45) is 5.73 Å². The Morgan fingerprint density at radius 2 is 1.89 bits per heavy atom. The number of benzene rings is 1. The number of carbonyl (C=O) groups excluding carboxylic acids is 3. The Bertz CT molecular complexity index is 911.